The predicted molar refractivity (Wildman–Crippen MR) is 82.3 cm³/mol. The highest BCUT2D eigenvalue weighted by molar-refractivity contribution is 7.71. The van der Waals surface area contributed by atoms with Crippen LogP contribution in [0.5, 0.6) is 5.75 Å². The van der Waals surface area contributed by atoms with Crippen molar-refractivity contribution in [2.45, 2.75) is 33.2 Å². The quantitative estimate of drug-likeness (QED) is 0.624. The van der Waals surface area contributed by atoms with Crippen LogP contribution in [0.2, 0.25) is 0 Å². The second-order valence-electron chi connectivity index (χ2n) is 4.44. The van der Waals surface area contributed by atoms with E-state index in [0.29, 0.717) is 0 Å². The molecule has 0 aliphatic carbocycles. The first-order valence-corrected chi connectivity index (χ1v) is 7.14. The lowest BCUT2D eigenvalue weighted by Gasteiger charge is -2.06. The van der Waals surface area contributed by atoms with Crippen LogP contribution in [-0.4, -0.2) is 16.2 Å². The number of aryl methyl sites for hydroxylation is 1. The first kappa shape index (κ1) is 13.9. The number of hydrogen-bond acceptors (Lipinski definition) is 2. The van der Waals surface area contributed by atoms with Crippen LogP contribution in [0.3, 0.4) is 0 Å². The van der Waals surface area contributed by atoms with E-state index >= 15 is 0 Å². The van der Waals surface area contributed by atoms with Crippen LogP contribution in [0.15, 0.2) is 30.4 Å². The molecule has 4 heteroatoms. The zero-order chi connectivity index (χ0) is 13.7. The molecule has 0 amide bonds. The van der Waals surface area contributed by atoms with Crippen molar-refractivity contribution in [3.05, 3.63) is 35.1 Å². The number of H-pyrrole nitrogens is 1. The molecule has 0 fully saturated rings. The summed E-state index contributed by atoms with van der Waals surface area (Å²) in [4.78, 5) is 3.26. The molecule has 0 aliphatic heterocycles. The van der Waals surface area contributed by atoms with Crippen molar-refractivity contribution in [3.8, 4) is 5.75 Å². The Bertz CT molecular complexity index is 625. The topological polar surface area (TPSA) is 29.9 Å². The van der Waals surface area contributed by atoms with E-state index in [1.807, 2.05) is 19.1 Å². The number of fused-ring (bicyclic) bond motifs is 1. The summed E-state index contributed by atoms with van der Waals surface area (Å²) < 4.78 is 8.64. The Morgan fingerprint density at radius 1 is 1.42 bits per heavy atom. The number of benzene rings is 1. The average Bonchev–Trinajstić information content (AvgIpc) is 2.74. The third-order valence-corrected chi connectivity index (χ3v) is 3.31. The lowest BCUT2D eigenvalue weighted by Crippen LogP contribution is -1.97. The van der Waals surface area contributed by atoms with Crippen LogP contribution in [0.25, 0.3) is 11.0 Å². The summed E-state index contributed by atoms with van der Waals surface area (Å²) in [6.45, 7) is 5.75. The van der Waals surface area contributed by atoms with Gasteiger partial charge in [0.15, 0.2) is 4.77 Å². The smallest absolute Gasteiger partial charge is 0.178 e. The van der Waals surface area contributed by atoms with E-state index in [4.69, 9.17) is 17.0 Å². The van der Waals surface area contributed by atoms with E-state index in [-0.39, 0.29) is 0 Å². The SMILES string of the molecule is C/C=C/CCn1c(=S)[nH]c2c(OCCC)cccc21. The van der Waals surface area contributed by atoms with Gasteiger partial charge >= 0.3 is 0 Å². The highest BCUT2D eigenvalue weighted by Gasteiger charge is 2.08. The Balaban J connectivity index is 2.37. The van der Waals surface area contributed by atoms with Crippen molar-refractivity contribution < 1.29 is 4.74 Å². The molecule has 0 bridgehead atoms. The fourth-order valence-corrected chi connectivity index (χ4v) is 2.37. The van der Waals surface area contributed by atoms with Crippen molar-refractivity contribution in [1.82, 2.24) is 9.55 Å². The molecule has 0 atom stereocenters. The fourth-order valence-electron chi connectivity index (χ4n) is 2.08. The Morgan fingerprint density at radius 3 is 3.00 bits per heavy atom. The van der Waals surface area contributed by atoms with Crippen LogP contribution in [0.1, 0.15) is 26.7 Å². The number of imidazole rings is 1. The highest BCUT2D eigenvalue weighted by Crippen LogP contribution is 2.25. The first-order valence-electron chi connectivity index (χ1n) is 6.73. The van der Waals surface area contributed by atoms with Gasteiger partial charge < -0.3 is 14.3 Å². The van der Waals surface area contributed by atoms with E-state index in [2.05, 4.69) is 34.7 Å². The van der Waals surface area contributed by atoms with Crippen LogP contribution >= 0.6 is 12.2 Å². The van der Waals surface area contributed by atoms with Gasteiger partial charge in [-0.05, 0) is 44.1 Å². The maximum Gasteiger partial charge on any atom is 0.178 e. The maximum absolute atomic E-state index is 5.76. The number of aromatic nitrogens is 2. The van der Waals surface area contributed by atoms with Crippen LogP contribution in [0.4, 0.5) is 0 Å². The molecule has 0 unspecified atom stereocenters. The van der Waals surface area contributed by atoms with Gasteiger partial charge in [-0.2, -0.15) is 0 Å². The molecule has 3 nitrogen and oxygen atoms in total. The summed E-state index contributed by atoms with van der Waals surface area (Å²) in [5.41, 5.74) is 2.12. The second-order valence-corrected chi connectivity index (χ2v) is 4.82. The molecule has 0 radical (unpaired) electrons. The van der Waals surface area contributed by atoms with Crippen LogP contribution in [-0.2, 0) is 6.54 Å². The van der Waals surface area contributed by atoms with E-state index in [0.717, 1.165) is 47.5 Å². The minimum Gasteiger partial charge on any atom is -0.491 e. The summed E-state index contributed by atoms with van der Waals surface area (Å²) in [6, 6.07) is 6.08. The largest absolute Gasteiger partial charge is 0.491 e. The third-order valence-electron chi connectivity index (χ3n) is 2.99. The Kier molecular flexibility index (Phi) is 4.80. The molecule has 0 spiro atoms. The standard InChI is InChI=1S/C15H20N2OS/c1-3-5-6-10-17-12-8-7-9-13(18-11-4-2)14(12)16-15(17)19/h3,5,7-9H,4,6,10-11H2,1-2H3,(H,16,19)/b5-3+. The number of aromatic amines is 1. The van der Waals surface area contributed by atoms with Crippen molar-refractivity contribution >= 4 is 23.3 Å². The third kappa shape index (κ3) is 3.07. The number of hydrogen-bond donors (Lipinski definition) is 1. The van der Waals surface area contributed by atoms with Crippen molar-refractivity contribution in [2.24, 2.45) is 0 Å². The second kappa shape index (κ2) is 6.57. The minimum absolute atomic E-state index is 0.726. The molecule has 102 valence electrons. The first-order chi connectivity index (χ1) is 9.27. The Hall–Kier alpha value is -1.55. The molecule has 1 aromatic heterocycles. The van der Waals surface area contributed by atoms with Crippen molar-refractivity contribution in [1.29, 1.82) is 0 Å². The van der Waals surface area contributed by atoms with E-state index in [9.17, 15) is 0 Å². The monoisotopic (exact) mass is 276 g/mol. The molecular weight excluding hydrogens is 256 g/mol. The van der Waals surface area contributed by atoms with E-state index in [1.54, 1.807) is 0 Å². The Labute approximate surface area is 118 Å². The average molecular weight is 276 g/mol. The molecule has 1 N–H and O–H groups in total. The number of ether oxygens (including phenoxy) is 1. The van der Waals surface area contributed by atoms with Gasteiger partial charge in [0.2, 0.25) is 0 Å². The normalized spacial score (nSPS) is 11.5. The fraction of sp³-hybridized carbons (Fsp3) is 0.400. The predicted octanol–water partition coefficient (Wildman–Crippen LogP) is 4.45. The van der Waals surface area contributed by atoms with E-state index < -0.39 is 0 Å². The van der Waals surface area contributed by atoms with Gasteiger partial charge in [-0.1, -0.05) is 25.1 Å². The summed E-state index contributed by atoms with van der Waals surface area (Å²) in [5.74, 6) is 0.884. The molecule has 19 heavy (non-hydrogen) atoms. The lowest BCUT2D eigenvalue weighted by molar-refractivity contribution is 0.320. The zero-order valence-corrected chi connectivity index (χ0v) is 12.3. The molecule has 2 aromatic rings. The van der Waals surface area contributed by atoms with E-state index in [1.165, 1.54) is 0 Å². The molecular formula is C15H20N2OS. The van der Waals surface area contributed by atoms with Crippen LogP contribution < -0.4 is 4.74 Å². The Morgan fingerprint density at radius 2 is 2.26 bits per heavy atom. The molecule has 0 aliphatic rings. The lowest BCUT2D eigenvalue weighted by atomic mass is 10.3. The molecule has 1 aromatic carbocycles. The minimum atomic E-state index is 0.726. The molecule has 0 saturated heterocycles. The molecule has 2 rings (SSSR count). The number of nitrogens with zero attached hydrogens (tertiary/aromatic N) is 1. The maximum atomic E-state index is 5.76. The van der Waals surface area contributed by atoms with Gasteiger partial charge in [0, 0.05) is 6.54 Å². The summed E-state index contributed by atoms with van der Waals surface area (Å²) in [5, 5.41) is 0. The summed E-state index contributed by atoms with van der Waals surface area (Å²) in [6.07, 6.45) is 6.20. The summed E-state index contributed by atoms with van der Waals surface area (Å²) >= 11 is 5.40. The van der Waals surface area contributed by atoms with Gasteiger partial charge in [0.1, 0.15) is 11.3 Å². The highest BCUT2D eigenvalue weighted by atomic mass is 32.1. The number of rotatable bonds is 6. The summed E-state index contributed by atoms with van der Waals surface area (Å²) in [7, 11) is 0. The van der Waals surface area contributed by atoms with Gasteiger partial charge in [-0.3, -0.25) is 0 Å². The van der Waals surface area contributed by atoms with Gasteiger partial charge in [-0.15, -0.1) is 0 Å². The van der Waals surface area contributed by atoms with Gasteiger partial charge in [-0.25, -0.2) is 0 Å². The zero-order valence-electron chi connectivity index (χ0n) is 11.5. The van der Waals surface area contributed by atoms with Crippen molar-refractivity contribution in [2.75, 3.05) is 6.61 Å². The van der Waals surface area contributed by atoms with Gasteiger partial charge in [0.05, 0.1) is 12.1 Å². The van der Waals surface area contributed by atoms with Crippen molar-refractivity contribution in [3.63, 3.8) is 0 Å². The molecule has 0 saturated carbocycles. The number of allylic oxidation sites excluding steroid dienone is 2. The number of nitrogens with one attached hydrogen (secondary N) is 1. The van der Waals surface area contributed by atoms with Gasteiger partial charge in [0.25, 0.3) is 0 Å². The number of para-hydroxylation sites is 1. The van der Waals surface area contributed by atoms with Crippen LogP contribution in [0, 0.1) is 4.77 Å². The molecule has 1 heterocycles.